The first-order valence-electron chi connectivity index (χ1n) is 10.3. The SMILES string of the molecule is CCOC(=O)N1CCN(C(=O)c2c3c(nn2C)CCN(C(=O)OC(C)(C)C)C3)CC1. The summed E-state index contributed by atoms with van der Waals surface area (Å²) in [4.78, 5) is 42.6. The topological polar surface area (TPSA) is 97.2 Å². The van der Waals surface area contributed by atoms with Crippen molar-refractivity contribution in [3.63, 3.8) is 0 Å². The number of amides is 3. The normalized spacial score (nSPS) is 16.9. The molecule has 30 heavy (non-hydrogen) atoms. The Morgan fingerprint density at radius 1 is 0.967 bits per heavy atom. The first-order chi connectivity index (χ1) is 14.1. The molecular weight excluding hydrogens is 390 g/mol. The van der Waals surface area contributed by atoms with Gasteiger partial charge in [0.2, 0.25) is 0 Å². The summed E-state index contributed by atoms with van der Waals surface area (Å²) in [6.45, 7) is 10.1. The third kappa shape index (κ3) is 4.68. The molecule has 0 radical (unpaired) electrons. The van der Waals surface area contributed by atoms with Gasteiger partial charge in [-0.1, -0.05) is 0 Å². The van der Waals surface area contributed by atoms with Gasteiger partial charge in [-0.25, -0.2) is 9.59 Å². The number of nitrogens with zero attached hydrogens (tertiary/aromatic N) is 5. The molecule has 0 N–H and O–H groups in total. The second-order valence-corrected chi connectivity index (χ2v) is 8.53. The highest BCUT2D eigenvalue weighted by Gasteiger charge is 2.34. The first kappa shape index (κ1) is 21.9. The van der Waals surface area contributed by atoms with Crippen molar-refractivity contribution in [2.24, 2.45) is 7.05 Å². The average Bonchev–Trinajstić information content (AvgIpc) is 3.01. The summed E-state index contributed by atoms with van der Waals surface area (Å²) < 4.78 is 12.1. The Kier molecular flexibility index (Phi) is 6.23. The number of carbonyl (C=O) groups excluding carboxylic acids is 3. The molecule has 0 aliphatic carbocycles. The van der Waals surface area contributed by atoms with E-state index < -0.39 is 11.7 Å². The van der Waals surface area contributed by atoms with E-state index in [9.17, 15) is 14.4 Å². The third-order valence-electron chi connectivity index (χ3n) is 5.14. The number of rotatable bonds is 2. The number of aryl methyl sites for hydroxylation is 1. The summed E-state index contributed by atoms with van der Waals surface area (Å²) in [6, 6.07) is 0. The molecule has 1 aromatic rings. The van der Waals surface area contributed by atoms with E-state index in [0.29, 0.717) is 58.0 Å². The van der Waals surface area contributed by atoms with Crippen LogP contribution in [0.25, 0.3) is 0 Å². The molecule has 3 heterocycles. The zero-order chi connectivity index (χ0) is 22.1. The highest BCUT2D eigenvalue weighted by Crippen LogP contribution is 2.25. The van der Waals surface area contributed by atoms with E-state index >= 15 is 0 Å². The van der Waals surface area contributed by atoms with E-state index in [1.165, 1.54) is 0 Å². The molecule has 2 aliphatic heterocycles. The Morgan fingerprint density at radius 3 is 2.20 bits per heavy atom. The molecule has 0 aromatic carbocycles. The molecule has 1 aromatic heterocycles. The molecule has 1 saturated heterocycles. The lowest BCUT2D eigenvalue weighted by Gasteiger charge is -2.34. The highest BCUT2D eigenvalue weighted by molar-refractivity contribution is 5.94. The molecule has 3 rings (SSSR count). The van der Waals surface area contributed by atoms with E-state index in [1.807, 2.05) is 20.8 Å². The minimum atomic E-state index is -0.580. The number of hydrogen-bond donors (Lipinski definition) is 0. The molecular formula is C20H31N5O5. The number of fused-ring (bicyclic) bond motifs is 1. The van der Waals surface area contributed by atoms with Crippen molar-refractivity contribution in [2.45, 2.75) is 46.3 Å². The Bertz CT molecular complexity index is 820. The minimum absolute atomic E-state index is 0.138. The van der Waals surface area contributed by atoms with Crippen LogP contribution in [0.15, 0.2) is 0 Å². The Balaban J connectivity index is 1.71. The summed E-state index contributed by atoms with van der Waals surface area (Å²) in [5.41, 5.74) is 1.52. The van der Waals surface area contributed by atoms with Crippen molar-refractivity contribution in [1.82, 2.24) is 24.5 Å². The smallest absolute Gasteiger partial charge is 0.410 e. The van der Waals surface area contributed by atoms with Crippen LogP contribution in [-0.2, 0) is 29.5 Å². The largest absolute Gasteiger partial charge is 0.450 e. The van der Waals surface area contributed by atoms with Gasteiger partial charge in [-0.15, -0.1) is 0 Å². The van der Waals surface area contributed by atoms with E-state index in [1.54, 1.807) is 33.4 Å². The lowest BCUT2D eigenvalue weighted by molar-refractivity contribution is 0.0221. The molecule has 0 bridgehead atoms. The molecule has 0 unspecified atom stereocenters. The maximum Gasteiger partial charge on any atom is 0.410 e. The average molecular weight is 421 g/mol. The predicted octanol–water partition coefficient (Wildman–Crippen LogP) is 1.63. The van der Waals surface area contributed by atoms with Crippen LogP contribution in [0.4, 0.5) is 9.59 Å². The van der Waals surface area contributed by atoms with Gasteiger partial charge in [0.15, 0.2) is 0 Å². The van der Waals surface area contributed by atoms with Crippen molar-refractivity contribution in [1.29, 1.82) is 0 Å². The molecule has 166 valence electrons. The zero-order valence-electron chi connectivity index (χ0n) is 18.4. The highest BCUT2D eigenvalue weighted by atomic mass is 16.6. The van der Waals surface area contributed by atoms with Crippen LogP contribution in [0.2, 0.25) is 0 Å². The molecule has 0 saturated carbocycles. The van der Waals surface area contributed by atoms with Crippen LogP contribution in [0, 0.1) is 0 Å². The van der Waals surface area contributed by atoms with Crippen molar-refractivity contribution in [3.05, 3.63) is 17.0 Å². The molecule has 0 atom stereocenters. The van der Waals surface area contributed by atoms with Gasteiger partial charge in [-0.05, 0) is 27.7 Å². The van der Waals surface area contributed by atoms with Gasteiger partial charge >= 0.3 is 12.2 Å². The van der Waals surface area contributed by atoms with Gasteiger partial charge in [0.05, 0.1) is 18.8 Å². The van der Waals surface area contributed by atoms with Crippen LogP contribution >= 0.6 is 0 Å². The minimum Gasteiger partial charge on any atom is -0.450 e. The van der Waals surface area contributed by atoms with Gasteiger partial charge in [0, 0.05) is 51.8 Å². The van der Waals surface area contributed by atoms with Crippen molar-refractivity contribution >= 4 is 18.1 Å². The summed E-state index contributed by atoms with van der Waals surface area (Å²) in [7, 11) is 1.75. The van der Waals surface area contributed by atoms with Gasteiger partial charge in [-0.2, -0.15) is 5.10 Å². The fourth-order valence-electron chi connectivity index (χ4n) is 3.71. The Labute approximate surface area is 176 Å². The van der Waals surface area contributed by atoms with Gasteiger partial charge in [0.25, 0.3) is 5.91 Å². The van der Waals surface area contributed by atoms with Gasteiger partial charge < -0.3 is 24.2 Å². The lowest BCUT2D eigenvalue weighted by atomic mass is 10.0. The fraction of sp³-hybridized carbons (Fsp3) is 0.700. The standard InChI is InChI=1S/C20H31N5O5/c1-6-29-18(27)24-11-9-23(10-12-24)17(26)16-14-13-25(19(28)30-20(2,3)4)8-7-15(14)21-22(16)5/h6-13H2,1-5H3. The molecule has 10 heteroatoms. The third-order valence-corrected chi connectivity index (χ3v) is 5.14. The van der Waals surface area contributed by atoms with Crippen LogP contribution in [0.3, 0.4) is 0 Å². The second kappa shape index (κ2) is 8.53. The number of piperazine rings is 1. The Morgan fingerprint density at radius 2 is 1.60 bits per heavy atom. The lowest BCUT2D eigenvalue weighted by Crippen LogP contribution is -2.51. The van der Waals surface area contributed by atoms with E-state index in [4.69, 9.17) is 9.47 Å². The van der Waals surface area contributed by atoms with Crippen LogP contribution in [0.5, 0.6) is 0 Å². The fourth-order valence-corrected chi connectivity index (χ4v) is 3.71. The molecule has 1 fully saturated rings. The summed E-state index contributed by atoms with van der Waals surface area (Å²) in [5, 5.41) is 4.51. The molecule has 0 spiro atoms. The summed E-state index contributed by atoms with van der Waals surface area (Å²) in [5.74, 6) is -0.138. The predicted molar refractivity (Wildman–Crippen MR) is 108 cm³/mol. The van der Waals surface area contributed by atoms with Gasteiger partial charge in [-0.3, -0.25) is 9.48 Å². The Hall–Kier alpha value is -2.78. The van der Waals surface area contributed by atoms with Crippen LogP contribution in [-0.4, -0.2) is 87.5 Å². The first-order valence-corrected chi connectivity index (χ1v) is 10.3. The molecule has 10 nitrogen and oxygen atoms in total. The van der Waals surface area contributed by atoms with Crippen LogP contribution in [0.1, 0.15) is 49.4 Å². The van der Waals surface area contributed by atoms with E-state index in [0.717, 1.165) is 11.3 Å². The number of carbonyl (C=O) groups is 3. The van der Waals surface area contributed by atoms with Crippen molar-refractivity contribution in [2.75, 3.05) is 39.3 Å². The van der Waals surface area contributed by atoms with E-state index in [2.05, 4.69) is 5.10 Å². The summed E-state index contributed by atoms with van der Waals surface area (Å²) >= 11 is 0. The monoisotopic (exact) mass is 421 g/mol. The van der Waals surface area contributed by atoms with Crippen LogP contribution < -0.4 is 0 Å². The summed E-state index contributed by atoms with van der Waals surface area (Å²) in [6.07, 6.45) is -0.166. The maximum absolute atomic E-state index is 13.3. The molecule has 2 aliphatic rings. The molecule has 3 amide bonds. The van der Waals surface area contributed by atoms with Gasteiger partial charge in [0.1, 0.15) is 11.3 Å². The van der Waals surface area contributed by atoms with E-state index in [-0.39, 0.29) is 12.0 Å². The zero-order valence-corrected chi connectivity index (χ0v) is 18.4. The number of aromatic nitrogens is 2. The van der Waals surface area contributed by atoms with Crippen molar-refractivity contribution < 1.29 is 23.9 Å². The number of ether oxygens (including phenoxy) is 2. The van der Waals surface area contributed by atoms with Crippen molar-refractivity contribution in [3.8, 4) is 0 Å². The maximum atomic E-state index is 13.3. The number of hydrogen-bond acceptors (Lipinski definition) is 6. The second-order valence-electron chi connectivity index (χ2n) is 8.53. The quantitative estimate of drug-likeness (QED) is 0.720.